The second-order valence-electron chi connectivity index (χ2n) is 13.5. The number of halogens is 2. The van der Waals surface area contributed by atoms with Gasteiger partial charge in [0.05, 0.1) is 31.8 Å². The highest BCUT2D eigenvalue weighted by Crippen LogP contribution is 2.55. The average Bonchev–Trinajstić information content (AvgIpc) is 3.99. The number of hydrogen-bond acceptors (Lipinski definition) is 18. The third kappa shape index (κ3) is 8.57. The van der Waals surface area contributed by atoms with Crippen molar-refractivity contribution in [3.63, 3.8) is 0 Å². The summed E-state index contributed by atoms with van der Waals surface area (Å²) in [6.07, 6.45) is -11.8. The van der Waals surface area contributed by atoms with Crippen molar-refractivity contribution in [3.05, 3.63) is 52.6 Å². The minimum atomic E-state index is -4.06. The van der Waals surface area contributed by atoms with Crippen LogP contribution in [-0.2, 0) is 39.6 Å². The van der Waals surface area contributed by atoms with Gasteiger partial charge in [0.2, 0.25) is 11.9 Å². The van der Waals surface area contributed by atoms with Crippen LogP contribution in [0.3, 0.4) is 0 Å². The smallest absolute Gasteiger partial charge is 0.327 e. The Morgan fingerprint density at radius 2 is 1.75 bits per heavy atom. The topological polar surface area (TPSA) is 281 Å². The normalized spacial score (nSPS) is 25.3. The predicted octanol–water partition coefficient (Wildman–Crippen LogP) is 2.39. The van der Waals surface area contributed by atoms with Gasteiger partial charge in [-0.2, -0.15) is 19.6 Å². The van der Waals surface area contributed by atoms with Gasteiger partial charge in [-0.15, -0.1) is 10.2 Å². The van der Waals surface area contributed by atoms with E-state index in [-0.39, 0.29) is 53.5 Å². The number of nitriles is 1. The van der Waals surface area contributed by atoms with E-state index < -0.39 is 85.8 Å². The molecule has 2 fully saturated rings. The van der Waals surface area contributed by atoms with E-state index in [2.05, 4.69) is 51.2 Å². The quantitative estimate of drug-likeness (QED) is 0.0868. The van der Waals surface area contributed by atoms with Gasteiger partial charge in [0.15, 0.2) is 52.9 Å². The summed E-state index contributed by atoms with van der Waals surface area (Å²) in [7, 11) is 0. The summed E-state index contributed by atoms with van der Waals surface area (Å²) >= 11 is 5.64. The predicted molar refractivity (Wildman–Crippen MR) is 202 cm³/mol. The molecule has 4 aromatic heterocycles. The number of fused-ring (bicyclic) bond motifs is 2. The largest absolute Gasteiger partial charge is 0.385 e. The molecule has 0 saturated carbocycles. The number of hydrogen-bond donors (Lipinski definition) is 4. The maximum Gasteiger partial charge on any atom is 0.327 e. The molecule has 22 nitrogen and oxygen atoms in total. The van der Waals surface area contributed by atoms with Gasteiger partial charge >= 0.3 is 6.72 Å². The first-order chi connectivity index (χ1) is 28.3. The fourth-order valence-corrected chi connectivity index (χ4v) is 8.23. The van der Waals surface area contributed by atoms with Gasteiger partial charge < -0.3 is 28.9 Å². The Kier molecular flexibility index (Phi) is 12.4. The number of nitrogens with one attached hydrogen (secondary N) is 3. The van der Waals surface area contributed by atoms with Crippen molar-refractivity contribution in [1.29, 1.82) is 5.26 Å². The van der Waals surface area contributed by atoms with Crippen LogP contribution in [0.4, 0.5) is 20.5 Å². The summed E-state index contributed by atoms with van der Waals surface area (Å²) in [6, 6.07) is 10.3. The molecule has 0 aliphatic carbocycles. The minimum Gasteiger partial charge on any atom is -0.385 e. The number of rotatable bonds is 15. The van der Waals surface area contributed by atoms with E-state index in [0.717, 1.165) is 15.7 Å². The molecule has 0 spiro atoms. The van der Waals surface area contributed by atoms with E-state index in [1.54, 1.807) is 51.1 Å². The number of amides is 2. The van der Waals surface area contributed by atoms with Crippen molar-refractivity contribution in [2.75, 3.05) is 23.8 Å². The molecule has 2 saturated heterocycles. The van der Waals surface area contributed by atoms with E-state index in [4.69, 9.17) is 40.1 Å². The monoisotopic (exact) mass is 859 g/mol. The highest BCUT2D eigenvalue weighted by Gasteiger charge is 2.51. The number of ether oxygens (including phenoxy) is 2. The average molecular weight is 860 g/mol. The Morgan fingerprint density at radius 1 is 1.03 bits per heavy atom. The molecule has 2 aliphatic rings. The van der Waals surface area contributed by atoms with Crippen LogP contribution >= 0.6 is 6.72 Å². The van der Waals surface area contributed by atoms with Crippen LogP contribution in [0, 0.1) is 17.2 Å². The highest BCUT2D eigenvalue weighted by atomic mass is 32.5. The van der Waals surface area contributed by atoms with Crippen molar-refractivity contribution < 1.29 is 46.5 Å². The number of alkyl halides is 2. The number of aromatic nitrogens is 10. The zero-order valence-electron chi connectivity index (χ0n) is 31.3. The highest BCUT2D eigenvalue weighted by molar-refractivity contribution is 8.07. The first-order valence-electron chi connectivity index (χ1n) is 18.1. The molecule has 5 aromatic rings. The van der Waals surface area contributed by atoms with Crippen LogP contribution in [0.15, 0.2) is 41.5 Å². The van der Waals surface area contributed by atoms with Gasteiger partial charge in [0, 0.05) is 11.5 Å². The number of anilines is 2. The van der Waals surface area contributed by atoms with Crippen molar-refractivity contribution in [1.82, 2.24) is 49.9 Å². The Labute approximate surface area is 336 Å². The Hall–Kier alpha value is -5.32. The molecule has 7 rings (SSSR count). The Bertz CT molecular complexity index is 2490. The van der Waals surface area contributed by atoms with E-state index in [0.29, 0.717) is 5.56 Å². The van der Waals surface area contributed by atoms with Crippen LogP contribution in [0.5, 0.6) is 0 Å². The minimum absolute atomic E-state index is 0.0209. The van der Waals surface area contributed by atoms with Gasteiger partial charge in [0.25, 0.3) is 11.5 Å². The van der Waals surface area contributed by atoms with E-state index in [9.17, 15) is 19.5 Å². The van der Waals surface area contributed by atoms with Crippen LogP contribution in [0.1, 0.15) is 56.4 Å². The zero-order valence-corrected chi connectivity index (χ0v) is 33.0. The van der Waals surface area contributed by atoms with Crippen LogP contribution in [-0.4, -0.2) is 117 Å². The molecule has 0 bridgehead atoms. The third-order valence-electron chi connectivity index (χ3n) is 9.18. The Morgan fingerprint density at radius 3 is 2.46 bits per heavy atom. The number of aliphatic hydroxyl groups excluding tert-OH is 1. The molecule has 1 unspecified atom stereocenters. The lowest BCUT2D eigenvalue weighted by Gasteiger charge is -2.28. The summed E-state index contributed by atoms with van der Waals surface area (Å²) in [4.78, 5) is 52.6. The lowest BCUT2D eigenvalue weighted by Crippen LogP contribution is -2.33. The van der Waals surface area contributed by atoms with Crippen molar-refractivity contribution in [2.45, 2.75) is 82.8 Å². The molecular formula is C33H36F2N13O9PS. The summed E-state index contributed by atoms with van der Waals surface area (Å²) in [5.41, 5.74) is -0.836. The van der Waals surface area contributed by atoms with Crippen molar-refractivity contribution in [2.24, 2.45) is 5.92 Å². The number of benzene rings is 1. The molecule has 9 atom stereocenters. The van der Waals surface area contributed by atoms with E-state index >= 15 is 8.78 Å². The van der Waals surface area contributed by atoms with Crippen molar-refractivity contribution in [3.8, 4) is 6.07 Å². The number of carbonyl (C=O) groups is 2. The van der Waals surface area contributed by atoms with Gasteiger partial charge in [-0.3, -0.25) is 29.2 Å². The first kappa shape index (κ1) is 41.8. The standard InChI is InChI=1S/C33H36F2N13O9PS/c1-4-17-24(20(35)31(55-17)47-26-21(43-45-47)25(37-14-38-26)39-29(51)16-9-6-5-7-10-16)57-58(59,53-12-8-11-36)54-13-18-19(34)23(49)32(56-18)48-27-22(44-46-48)30(52)42-33(40-27)41-28(50)15(2)3/h5-7,9-10,14-15,17-20,23-24,31-32,49H,4,8,12-13H2,1-3H3,(H,37,38,39,51)(H2,40,41,42,50,52)/t17-,18-,19-,20+,23+,24-,31-,32-,58?/m1/s1. The van der Waals surface area contributed by atoms with E-state index in [1.165, 1.54) is 0 Å². The lowest BCUT2D eigenvalue weighted by molar-refractivity contribution is -0.118. The molecule has 1 aromatic carbocycles. The summed E-state index contributed by atoms with van der Waals surface area (Å²) < 4.78 is 63.6. The fourth-order valence-electron chi connectivity index (χ4n) is 6.13. The van der Waals surface area contributed by atoms with Crippen molar-refractivity contribution >= 4 is 64.4 Å². The molecule has 6 heterocycles. The maximum atomic E-state index is 16.6. The van der Waals surface area contributed by atoms with Gasteiger partial charge in [-0.05, 0) is 30.4 Å². The zero-order chi connectivity index (χ0) is 42.0. The second-order valence-corrected chi connectivity index (χ2v) is 16.4. The number of nitrogens with zero attached hydrogens (tertiary/aromatic N) is 10. The number of H-pyrrole nitrogens is 1. The number of aromatic amines is 1. The SMILES string of the molecule is CC[C@H]1O[C@@H](n2nnc3c(NC(=O)c4ccccc4)ncnc32)[C@@H](F)[C@@H]1OP(=S)(OCCC#N)OC[C@H]1O[C@@H](n2nnc3c(=O)[nH]c(NC(=O)C(C)C)nc32)[C@@H](O)[C@@H]1F. The molecule has 312 valence electrons. The van der Waals surface area contributed by atoms with E-state index in [1.807, 2.05) is 6.07 Å². The summed E-state index contributed by atoms with van der Waals surface area (Å²) in [5, 5.41) is 40.9. The number of aliphatic hydroxyl groups is 1. The fraction of sp³-hybridized carbons (Fsp3) is 0.485. The Balaban J connectivity index is 1.08. The molecule has 59 heavy (non-hydrogen) atoms. The second kappa shape index (κ2) is 17.5. The first-order valence-corrected chi connectivity index (χ1v) is 20.7. The molecule has 0 radical (unpaired) electrons. The molecule has 4 N–H and O–H groups in total. The molecule has 2 aliphatic heterocycles. The molecule has 2 amide bonds. The summed E-state index contributed by atoms with van der Waals surface area (Å²) in [6.45, 7) is -0.0880. The maximum absolute atomic E-state index is 16.6. The molecular weight excluding hydrogens is 823 g/mol. The number of carbonyl (C=O) groups excluding carboxylic acids is 2. The van der Waals surface area contributed by atoms with Crippen LogP contribution in [0.2, 0.25) is 0 Å². The van der Waals surface area contributed by atoms with Crippen LogP contribution < -0.4 is 16.2 Å². The van der Waals surface area contributed by atoms with Gasteiger partial charge in [0.1, 0.15) is 24.6 Å². The lowest BCUT2D eigenvalue weighted by atomic mass is 10.1. The van der Waals surface area contributed by atoms with Gasteiger partial charge in [-0.25, -0.2) is 18.7 Å². The summed E-state index contributed by atoms with van der Waals surface area (Å²) in [5.74, 6) is -1.60. The third-order valence-corrected chi connectivity index (χ3v) is 11.5. The van der Waals surface area contributed by atoms with Gasteiger partial charge in [-0.1, -0.05) is 49.4 Å². The molecule has 26 heteroatoms. The van der Waals surface area contributed by atoms with Crippen LogP contribution in [0.25, 0.3) is 22.3 Å².